The monoisotopic (exact) mass is 324 g/mol. The Hall–Kier alpha value is -2.43. The van der Waals surface area contributed by atoms with Crippen LogP contribution < -0.4 is 10.2 Å². The van der Waals surface area contributed by atoms with E-state index in [9.17, 15) is 4.79 Å². The van der Waals surface area contributed by atoms with E-state index in [-0.39, 0.29) is 5.91 Å². The van der Waals surface area contributed by atoms with Crippen molar-refractivity contribution in [3.63, 3.8) is 0 Å². The number of anilines is 2. The third kappa shape index (κ3) is 3.72. The Morgan fingerprint density at radius 2 is 1.79 bits per heavy atom. The van der Waals surface area contributed by atoms with Gasteiger partial charge in [0.15, 0.2) is 0 Å². The second kappa shape index (κ2) is 7.43. The Labute approximate surface area is 143 Å². The van der Waals surface area contributed by atoms with Gasteiger partial charge in [-0.15, -0.1) is 0 Å². The van der Waals surface area contributed by atoms with Crippen molar-refractivity contribution in [2.45, 2.75) is 39.5 Å². The van der Waals surface area contributed by atoms with Gasteiger partial charge >= 0.3 is 0 Å². The Morgan fingerprint density at radius 1 is 1.04 bits per heavy atom. The van der Waals surface area contributed by atoms with Crippen molar-refractivity contribution in [1.82, 2.24) is 9.97 Å². The van der Waals surface area contributed by atoms with Gasteiger partial charge in [-0.1, -0.05) is 25.0 Å². The summed E-state index contributed by atoms with van der Waals surface area (Å²) in [5, 5.41) is 2.92. The molecule has 24 heavy (non-hydrogen) atoms. The lowest BCUT2D eigenvalue weighted by Gasteiger charge is -2.20. The third-order valence-electron chi connectivity index (χ3n) is 4.65. The molecule has 1 fully saturated rings. The van der Waals surface area contributed by atoms with Crippen LogP contribution in [0, 0.1) is 13.8 Å². The summed E-state index contributed by atoms with van der Waals surface area (Å²) < 4.78 is 0. The van der Waals surface area contributed by atoms with Crippen LogP contribution in [0.15, 0.2) is 30.6 Å². The van der Waals surface area contributed by atoms with Crippen LogP contribution in [0.4, 0.5) is 11.5 Å². The number of aryl methyl sites for hydroxylation is 1. The van der Waals surface area contributed by atoms with E-state index in [0.29, 0.717) is 5.69 Å². The van der Waals surface area contributed by atoms with Crippen LogP contribution in [-0.4, -0.2) is 29.0 Å². The fourth-order valence-electron chi connectivity index (χ4n) is 2.97. The Balaban J connectivity index is 1.70. The van der Waals surface area contributed by atoms with E-state index in [2.05, 4.69) is 20.2 Å². The molecule has 1 aromatic heterocycles. The zero-order chi connectivity index (χ0) is 16.9. The SMILES string of the molecule is Cc1cccc(NC(=O)c2cnc(N3CCCCCC3)cn2)c1C. The molecule has 1 amide bonds. The molecule has 2 heterocycles. The Kier molecular flexibility index (Phi) is 5.08. The van der Waals surface area contributed by atoms with Crippen molar-refractivity contribution < 1.29 is 4.79 Å². The van der Waals surface area contributed by atoms with Gasteiger partial charge < -0.3 is 10.2 Å². The number of nitrogens with zero attached hydrogens (tertiary/aromatic N) is 3. The molecule has 1 saturated heterocycles. The minimum Gasteiger partial charge on any atom is -0.355 e. The maximum Gasteiger partial charge on any atom is 0.275 e. The molecule has 0 bridgehead atoms. The lowest BCUT2D eigenvalue weighted by atomic mass is 10.1. The van der Waals surface area contributed by atoms with Crippen LogP contribution in [0.5, 0.6) is 0 Å². The highest BCUT2D eigenvalue weighted by Crippen LogP contribution is 2.19. The molecule has 1 aliphatic rings. The largest absolute Gasteiger partial charge is 0.355 e. The number of carbonyl (C=O) groups is 1. The van der Waals surface area contributed by atoms with Crippen LogP contribution >= 0.6 is 0 Å². The van der Waals surface area contributed by atoms with Crippen molar-refractivity contribution in [3.05, 3.63) is 47.4 Å². The highest BCUT2D eigenvalue weighted by molar-refractivity contribution is 6.03. The van der Waals surface area contributed by atoms with Gasteiger partial charge in [-0.25, -0.2) is 9.97 Å². The van der Waals surface area contributed by atoms with E-state index < -0.39 is 0 Å². The zero-order valence-corrected chi connectivity index (χ0v) is 14.4. The lowest BCUT2D eigenvalue weighted by molar-refractivity contribution is 0.102. The lowest BCUT2D eigenvalue weighted by Crippen LogP contribution is -2.25. The third-order valence-corrected chi connectivity index (χ3v) is 4.65. The van der Waals surface area contributed by atoms with Crippen LogP contribution in [0.3, 0.4) is 0 Å². The van der Waals surface area contributed by atoms with E-state index in [1.165, 1.54) is 25.7 Å². The number of amides is 1. The smallest absolute Gasteiger partial charge is 0.275 e. The molecule has 1 aromatic carbocycles. The summed E-state index contributed by atoms with van der Waals surface area (Å²) in [4.78, 5) is 23.4. The molecular formula is C19H24N4O. The predicted molar refractivity (Wildman–Crippen MR) is 96.6 cm³/mol. The second-order valence-electron chi connectivity index (χ2n) is 6.36. The summed E-state index contributed by atoms with van der Waals surface area (Å²) in [6.45, 7) is 6.06. The molecule has 0 saturated carbocycles. The molecule has 5 heteroatoms. The first-order valence-corrected chi connectivity index (χ1v) is 8.60. The molecule has 0 aliphatic carbocycles. The van der Waals surface area contributed by atoms with Gasteiger partial charge in [0.25, 0.3) is 5.91 Å². The number of aromatic nitrogens is 2. The molecule has 0 spiro atoms. The standard InChI is InChI=1S/C19H24N4O/c1-14-8-7-9-16(15(14)2)22-19(24)17-12-21-18(13-20-17)23-10-5-3-4-6-11-23/h7-9,12-13H,3-6,10-11H2,1-2H3,(H,22,24). The van der Waals surface area contributed by atoms with Crippen LogP contribution in [-0.2, 0) is 0 Å². The van der Waals surface area contributed by atoms with Gasteiger partial charge in [0, 0.05) is 18.8 Å². The number of nitrogens with one attached hydrogen (secondary N) is 1. The molecule has 0 unspecified atom stereocenters. The molecule has 5 nitrogen and oxygen atoms in total. The summed E-state index contributed by atoms with van der Waals surface area (Å²) in [6, 6.07) is 5.87. The van der Waals surface area contributed by atoms with Crippen LogP contribution in [0.1, 0.15) is 47.3 Å². The quantitative estimate of drug-likeness (QED) is 0.934. The molecule has 126 valence electrons. The molecule has 1 aliphatic heterocycles. The Morgan fingerprint density at radius 3 is 2.46 bits per heavy atom. The van der Waals surface area contributed by atoms with Gasteiger partial charge in [0.1, 0.15) is 11.5 Å². The van der Waals surface area contributed by atoms with Crippen LogP contribution in [0.2, 0.25) is 0 Å². The molecule has 1 N–H and O–H groups in total. The number of rotatable bonds is 3. The summed E-state index contributed by atoms with van der Waals surface area (Å²) in [6.07, 6.45) is 8.22. The predicted octanol–water partition coefficient (Wildman–Crippen LogP) is 3.73. The number of carbonyl (C=O) groups excluding carboxylic acids is 1. The molecule has 0 atom stereocenters. The van der Waals surface area contributed by atoms with E-state index in [1.807, 2.05) is 32.0 Å². The Bertz CT molecular complexity index is 704. The topological polar surface area (TPSA) is 58.1 Å². The van der Waals surface area contributed by atoms with Crippen molar-refractivity contribution in [2.75, 3.05) is 23.3 Å². The number of hydrogen-bond acceptors (Lipinski definition) is 4. The minimum atomic E-state index is -0.224. The van der Waals surface area contributed by atoms with E-state index >= 15 is 0 Å². The first-order valence-electron chi connectivity index (χ1n) is 8.60. The fourth-order valence-corrected chi connectivity index (χ4v) is 2.97. The zero-order valence-electron chi connectivity index (χ0n) is 14.4. The molecule has 3 rings (SSSR count). The average molecular weight is 324 g/mol. The van der Waals surface area contributed by atoms with Gasteiger partial charge in [-0.2, -0.15) is 0 Å². The number of benzene rings is 1. The van der Waals surface area contributed by atoms with Crippen LogP contribution in [0.25, 0.3) is 0 Å². The van der Waals surface area contributed by atoms with Gasteiger partial charge in [-0.3, -0.25) is 4.79 Å². The van der Waals surface area contributed by atoms with Crippen molar-refractivity contribution in [3.8, 4) is 0 Å². The molecular weight excluding hydrogens is 300 g/mol. The maximum absolute atomic E-state index is 12.4. The number of hydrogen-bond donors (Lipinski definition) is 1. The van der Waals surface area contributed by atoms with Crippen molar-refractivity contribution in [2.24, 2.45) is 0 Å². The van der Waals surface area contributed by atoms with E-state index in [0.717, 1.165) is 35.7 Å². The minimum absolute atomic E-state index is 0.224. The molecule has 0 radical (unpaired) electrons. The highest BCUT2D eigenvalue weighted by atomic mass is 16.1. The normalized spacial score (nSPS) is 15.0. The van der Waals surface area contributed by atoms with Crippen molar-refractivity contribution in [1.29, 1.82) is 0 Å². The summed E-state index contributed by atoms with van der Waals surface area (Å²) in [5.41, 5.74) is 3.38. The summed E-state index contributed by atoms with van der Waals surface area (Å²) >= 11 is 0. The highest BCUT2D eigenvalue weighted by Gasteiger charge is 2.14. The van der Waals surface area contributed by atoms with E-state index in [1.54, 1.807) is 12.4 Å². The first-order chi connectivity index (χ1) is 11.6. The van der Waals surface area contributed by atoms with E-state index in [4.69, 9.17) is 0 Å². The maximum atomic E-state index is 12.4. The average Bonchev–Trinajstić information content (AvgIpc) is 2.88. The fraction of sp³-hybridized carbons (Fsp3) is 0.421. The van der Waals surface area contributed by atoms with Gasteiger partial charge in [0.2, 0.25) is 0 Å². The van der Waals surface area contributed by atoms with Crippen molar-refractivity contribution >= 4 is 17.4 Å². The first kappa shape index (κ1) is 16.4. The summed E-state index contributed by atoms with van der Waals surface area (Å²) in [5.74, 6) is 0.638. The molecule has 2 aromatic rings. The summed E-state index contributed by atoms with van der Waals surface area (Å²) in [7, 11) is 0. The van der Waals surface area contributed by atoms with Gasteiger partial charge in [0.05, 0.1) is 12.4 Å². The van der Waals surface area contributed by atoms with Gasteiger partial charge in [-0.05, 0) is 43.9 Å². The second-order valence-corrected chi connectivity index (χ2v) is 6.36.